The van der Waals surface area contributed by atoms with E-state index < -0.39 is 10.6 Å². The van der Waals surface area contributed by atoms with Gasteiger partial charge in [0.05, 0.1) is 30.5 Å². The molecule has 0 amide bonds. The van der Waals surface area contributed by atoms with Crippen LogP contribution in [0.15, 0.2) is 71.7 Å². The fraction of sp³-hybridized carbons (Fsp3) is 0.136. The van der Waals surface area contributed by atoms with Crippen LogP contribution < -0.4 is 25.8 Å². The zero-order chi connectivity index (χ0) is 22.0. The molecule has 3 aromatic rings. The minimum atomic E-state index is -1.25. The van der Waals surface area contributed by atoms with Gasteiger partial charge in [0.2, 0.25) is 0 Å². The minimum Gasteiger partial charge on any atom is -0.497 e. The summed E-state index contributed by atoms with van der Waals surface area (Å²) in [4.78, 5) is 15.4. The lowest BCUT2D eigenvalue weighted by atomic mass is 9.95. The fourth-order valence-electron chi connectivity index (χ4n) is 3.35. The monoisotopic (exact) mass is 419 g/mol. The van der Waals surface area contributed by atoms with Crippen molar-refractivity contribution in [3.63, 3.8) is 0 Å². The molecule has 9 heteroatoms. The number of rotatable bonds is 5. The average Bonchev–Trinajstić information content (AvgIpc) is 2.79. The summed E-state index contributed by atoms with van der Waals surface area (Å²) in [6.45, 7) is 0. The van der Waals surface area contributed by atoms with E-state index in [2.05, 4.69) is 15.6 Å². The smallest absolute Gasteiger partial charge is 0.271 e. The Hall–Kier alpha value is -4.11. The first kappa shape index (κ1) is 20.2. The molecule has 1 unspecified atom stereocenters. The Morgan fingerprint density at radius 2 is 1.74 bits per heavy atom. The van der Waals surface area contributed by atoms with Crippen LogP contribution in [-0.4, -0.2) is 25.0 Å². The number of nitrogens with two attached hydrogens (primary N) is 1. The van der Waals surface area contributed by atoms with E-state index in [9.17, 15) is 10.1 Å². The number of methoxy groups -OCH3 is 2. The number of benzene rings is 3. The number of nitrogens with one attached hydrogen (secondary N) is 2. The molecule has 0 saturated heterocycles. The lowest BCUT2D eigenvalue weighted by Crippen LogP contribution is -2.55. The molecule has 4 N–H and O–H groups in total. The third kappa shape index (κ3) is 3.86. The molecular formula is C22H21N5O4. The second kappa shape index (κ2) is 7.96. The number of aliphatic imine (C=N–C) groups is 1. The van der Waals surface area contributed by atoms with Crippen LogP contribution >= 0.6 is 0 Å². The van der Waals surface area contributed by atoms with Gasteiger partial charge in [0, 0.05) is 29.4 Å². The molecular weight excluding hydrogens is 398 g/mol. The molecule has 9 nitrogen and oxygen atoms in total. The summed E-state index contributed by atoms with van der Waals surface area (Å²) < 4.78 is 10.6. The normalized spacial score (nSPS) is 17.1. The van der Waals surface area contributed by atoms with Crippen LogP contribution in [0.25, 0.3) is 0 Å². The Balaban J connectivity index is 1.84. The third-order valence-corrected chi connectivity index (χ3v) is 4.99. The topological polar surface area (TPSA) is 124 Å². The molecule has 158 valence electrons. The highest BCUT2D eigenvalue weighted by atomic mass is 16.6. The average molecular weight is 419 g/mol. The molecule has 0 spiro atoms. The molecule has 1 atom stereocenters. The molecule has 31 heavy (non-hydrogen) atoms. The van der Waals surface area contributed by atoms with Gasteiger partial charge in [-0.2, -0.15) is 0 Å². The van der Waals surface area contributed by atoms with Crippen molar-refractivity contribution in [3.05, 3.63) is 82.4 Å². The third-order valence-electron chi connectivity index (χ3n) is 4.99. The van der Waals surface area contributed by atoms with Crippen molar-refractivity contribution in [1.82, 2.24) is 0 Å². The Morgan fingerprint density at radius 1 is 1.03 bits per heavy atom. The number of hydrogen-bond acceptors (Lipinski definition) is 8. The Labute approximate surface area is 178 Å². The Bertz CT molecular complexity index is 1180. The Kier molecular flexibility index (Phi) is 5.18. The maximum absolute atomic E-state index is 11.2. The number of nitro benzene ring substituents is 1. The highest BCUT2D eigenvalue weighted by Crippen LogP contribution is 2.39. The summed E-state index contributed by atoms with van der Waals surface area (Å²) >= 11 is 0. The van der Waals surface area contributed by atoms with Gasteiger partial charge in [0.25, 0.3) is 5.69 Å². The molecule has 4 rings (SSSR count). The first-order valence-electron chi connectivity index (χ1n) is 9.43. The number of hydrogen-bond donors (Lipinski definition) is 3. The molecule has 1 aliphatic heterocycles. The largest absolute Gasteiger partial charge is 0.497 e. The van der Waals surface area contributed by atoms with E-state index in [1.54, 1.807) is 26.4 Å². The zero-order valence-electron chi connectivity index (χ0n) is 17.0. The summed E-state index contributed by atoms with van der Waals surface area (Å²) in [5, 5.41) is 17.7. The fourth-order valence-corrected chi connectivity index (χ4v) is 3.35. The van der Waals surface area contributed by atoms with Gasteiger partial charge in [0.1, 0.15) is 11.5 Å². The van der Waals surface area contributed by atoms with Crippen LogP contribution in [0.3, 0.4) is 0 Å². The van der Waals surface area contributed by atoms with Crippen LogP contribution in [0.5, 0.6) is 11.5 Å². The van der Waals surface area contributed by atoms with Crippen molar-refractivity contribution in [1.29, 1.82) is 0 Å². The van der Waals surface area contributed by atoms with E-state index in [1.165, 1.54) is 12.1 Å². The molecule has 0 aliphatic carbocycles. The van der Waals surface area contributed by atoms with E-state index in [-0.39, 0.29) is 5.69 Å². The van der Waals surface area contributed by atoms with Gasteiger partial charge in [-0.3, -0.25) is 15.8 Å². The molecule has 3 aromatic carbocycles. The van der Waals surface area contributed by atoms with E-state index in [0.717, 1.165) is 0 Å². The maximum Gasteiger partial charge on any atom is 0.271 e. The summed E-state index contributed by atoms with van der Waals surface area (Å²) in [5.41, 5.74) is 7.93. The second-order valence-electron chi connectivity index (χ2n) is 6.94. The quantitative estimate of drug-likeness (QED) is 0.422. The molecule has 1 heterocycles. The summed E-state index contributed by atoms with van der Waals surface area (Å²) in [5.74, 6) is 1.66. The van der Waals surface area contributed by atoms with Crippen LogP contribution in [0.2, 0.25) is 0 Å². The van der Waals surface area contributed by atoms with Crippen molar-refractivity contribution >= 4 is 28.6 Å². The Morgan fingerprint density at radius 3 is 2.45 bits per heavy atom. The minimum absolute atomic E-state index is 0.0593. The van der Waals surface area contributed by atoms with Crippen molar-refractivity contribution in [2.24, 2.45) is 10.7 Å². The van der Waals surface area contributed by atoms with Crippen LogP contribution in [0, 0.1) is 10.1 Å². The number of anilines is 2. The number of nitrogens with zero attached hydrogens (tertiary/aromatic N) is 2. The molecule has 0 fully saturated rings. The number of fused-ring (bicyclic) bond motifs is 1. The van der Waals surface area contributed by atoms with Gasteiger partial charge in [-0.05, 0) is 30.3 Å². The first-order chi connectivity index (χ1) is 14.9. The van der Waals surface area contributed by atoms with Crippen molar-refractivity contribution in [2.75, 3.05) is 24.9 Å². The molecule has 1 aliphatic rings. The van der Waals surface area contributed by atoms with E-state index in [1.807, 2.05) is 42.5 Å². The van der Waals surface area contributed by atoms with Gasteiger partial charge in [-0.25, -0.2) is 4.99 Å². The highest BCUT2D eigenvalue weighted by Gasteiger charge is 2.38. The van der Waals surface area contributed by atoms with Crippen molar-refractivity contribution < 1.29 is 14.4 Å². The molecule has 0 saturated carbocycles. The van der Waals surface area contributed by atoms with Gasteiger partial charge in [-0.15, -0.1) is 0 Å². The lowest BCUT2D eigenvalue weighted by molar-refractivity contribution is -0.384. The van der Waals surface area contributed by atoms with Gasteiger partial charge in [-0.1, -0.05) is 18.2 Å². The summed E-state index contributed by atoms with van der Waals surface area (Å²) in [6, 6.07) is 19.0. The zero-order valence-corrected chi connectivity index (χ0v) is 17.0. The highest BCUT2D eigenvalue weighted by molar-refractivity contribution is 6.08. The van der Waals surface area contributed by atoms with Gasteiger partial charge >= 0.3 is 0 Å². The van der Waals surface area contributed by atoms with Gasteiger partial charge < -0.3 is 20.1 Å². The van der Waals surface area contributed by atoms with E-state index in [0.29, 0.717) is 40.0 Å². The number of nitro groups is 1. The predicted octanol–water partition coefficient (Wildman–Crippen LogP) is 3.99. The second-order valence-corrected chi connectivity index (χ2v) is 6.94. The number of amidine groups is 1. The number of ether oxygens (including phenoxy) is 2. The van der Waals surface area contributed by atoms with Crippen LogP contribution in [0.4, 0.5) is 22.7 Å². The van der Waals surface area contributed by atoms with Crippen LogP contribution in [0.1, 0.15) is 5.56 Å². The van der Waals surface area contributed by atoms with E-state index >= 15 is 0 Å². The first-order valence-corrected chi connectivity index (χ1v) is 9.43. The van der Waals surface area contributed by atoms with E-state index in [4.69, 9.17) is 15.2 Å². The lowest BCUT2D eigenvalue weighted by Gasteiger charge is -2.37. The van der Waals surface area contributed by atoms with Gasteiger partial charge in [0.15, 0.2) is 11.5 Å². The number of non-ortho nitro benzene ring substituents is 1. The van der Waals surface area contributed by atoms with Crippen molar-refractivity contribution in [3.8, 4) is 11.5 Å². The molecule has 0 bridgehead atoms. The summed E-state index contributed by atoms with van der Waals surface area (Å²) in [6.07, 6.45) is 0. The molecule has 0 aromatic heterocycles. The van der Waals surface area contributed by atoms with Crippen molar-refractivity contribution in [2.45, 2.75) is 5.66 Å². The summed E-state index contributed by atoms with van der Waals surface area (Å²) in [7, 11) is 3.16. The van der Waals surface area contributed by atoms with Crippen LogP contribution in [-0.2, 0) is 5.66 Å². The standard InChI is InChI=1S/C22H21N5O4/c1-30-17-7-3-5-14(11-17)22(23)21(24-15-6-4-8-18(12-15)31-2)25-20-13-16(27(28)29)9-10-19(20)26-22/h3-13,26H,23H2,1-2H3,(H,24,25). The predicted molar refractivity (Wildman–Crippen MR) is 119 cm³/mol. The molecule has 0 radical (unpaired) electrons. The SMILES string of the molecule is COc1cccc(NC2=Nc3cc([N+](=O)[O-])ccc3NC2(N)c2cccc(OC)c2)c1. The maximum atomic E-state index is 11.2.